The van der Waals surface area contributed by atoms with E-state index in [0.717, 1.165) is 37.6 Å². The number of nitrogens with one attached hydrogen (secondary N) is 1. The van der Waals surface area contributed by atoms with Crippen LogP contribution in [0.15, 0.2) is 4.52 Å². The highest BCUT2D eigenvalue weighted by molar-refractivity contribution is 5.11. The van der Waals surface area contributed by atoms with E-state index in [1.165, 1.54) is 19.3 Å². The van der Waals surface area contributed by atoms with Gasteiger partial charge in [-0.05, 0) is 45.4 Å². The first-order valence-electron chi connectivity index (χ1n) is 7.49. The molecule has 4 atom stereocenters. The molecule has 3 saturated heterocycles. The van der Waals surface area contributed by atoms with Gasteiger partial charge in [-0.25, -0.2) is 0 Å². The summed E-state index contributed by atoms with van der Waals surface area (Å²) in [5, 5.41) is 7.82. The molecule has 3 fully saturated rings. The van der Waals surface area contributed by atoms with E-state index in [-0.39, 0.29) is 5.60 Å². The first-order valence-corrected chi connectivity index (χ1v) is 7.49. The maximum Gasteiger partial charge on any atom is 0.231 e. The van der Waals surface area contributed by atoms with Crippen LogP contribution >= 0.6 is 0 Å². The van der Waals surface area contributed by atoms with Gasteiger partial charge in [-0.15, -0.1) is 0 Å². The average molecular weight is 263 g/mol. The molecule has 1 N–H and O–H groups in total. The molecular formula is C14H21N3O2. The molecule has 1 aromatic rings. The Morgan fingerprint density at radius 1 is 1.32 bits per heavy atom. The van der Waals surface area contributed by atoms with Crippen molar-refractivity contribution in [2.24, 2.45) is 0 Å². The molecule has 1 aromatic heterocycles. The Morgan fingerprint density at radius 2 is 2.26 bits per heavy atom. The minimum absolute atomic E-state index is 0.342. The van der Waals surface area contributed by atoms with Gasteiger partial charge in [0.25, 0.3) is 0 Å². The highest BCUT2D eigenvalue weighted by atomic mass is 16.5. The maximum absolute atomic E-state index is 5.89. The Morgan fingerprint density at radius 3 is 2.95 bits per heavy atom. The van der Waals surface area contributed by atoms with Crippen LogP contribution in [0.2, 0.25) is 0 Å². The number of hydrogen-bond acceptors (Lipinski definition) is 5. The minimum Gasteiger partial charge on any atom is -0.367 e. The lowest BCUT2D eigenvalue weighted by Gasteiger charge is -2.30. The van der Waals surface area contributed by atoms with E-state index in [1.54, 1.807) is 0 Å². The smallest absolute Gasteiger partial charge is 0.231 e. The Hall–Kier alpha value is -0.940. The third-order valence-electron chi connectivity index (χ3n) is 5.00. The van der Waals surface area contributed by atoms with Gasteiger partial charge in [-0.2, -0.15) is 4.98 Å². The van der Waals surface area contributed by atoms with Gasteiger partial charge in [0.2, 0.25) is 11.7 Å². The SMILES string of the molecule is CC1(c2noc(C3CC4CCC3N4)n2)CCCCO1. The lowest BCUT2D eigenvalue weighted by molar-refractivity contribution is -0.0770. The van der Waals surface area contributed by atoms with Crippen molar-refractivity contribution in [3.8, 4) is 0 Å². The number of fused-ring (bicyclic) bond motifs is 2. The van der Waals surface area contributed by atoms with Gasteiger partial charge in [0.1, 0.15) is 5.60 Å². The van der Waals surface area contributed by atoms with E-state index < -0.39 is 0 Å². The van der Waals surface area contributed by atoms with Gasteiger partial charge >= 0.3 is 0 Å². The molecular weight excluding hydrogens is 242 g/mol. The summed E-state index contributed by atoms with van der Waals surface area (Å²) in [5.74, 6) is 1.96. The summed E-state index contributed by atoms with van der Waals surface area (Å²) in [6.45, 7) is 2.88. The summed E-state index contributed by atoms with van der Waals surface area (Å²) in [7, 11) is 0. The van der Waals surface area contributed by atoms with Crippen LogP contribution < -0.4 is 5.32 Å². The fourth-order valence-electron chi connectivity index (χ4n) is 3.81. The van der Waals surface area contributed by atoms with Crippen molar-refractivity contribution in [2.75, 3.05) is 6.61 Å². The van der Waals surface area contributed by atoms with E-state index >= 15 is 0 Å². The van der Waals surface area contributed by atoms with Crippen LogP contribution in [-0.2, 0) is 10.3 Å². The molecule has 5 heteroatoms. The van der Waals surface area contributed by atoms with Crippen molar-refractivity contribution < 1.29 is 9.26 Å². The molecule has 0 aliphatic carbocycles. The Labute approximate surface area is 113 Å². The number of ether oxygens (including phenoxy) is 1. The average Bonchev–Trinajstić information content (AvgIpc) is 3.15. The van der Waals surface area contributed by atoms with Gasteiger partial charge in [0.15, 0.2) is 0 Å². The standard InChI is InChI=1S/C14H21N3O2/c1-14(6-2-3-7-18-14)13-16-12(19-17-13)10-8-9-4-5-11(10)15-9/h9-11,15H,2-8H2,1H3. The second-order valence-electron chi connectivity index (χ2n) is 6.38. The molecule has 0 aromatic carbocycles. The van der Waals surface area contributed by atoms with E-state index in [1.807, 2.05) is 0 Å². The van der Waals surface area contributed by atoms with Gasteiger partial charge in [-0.1, -0.05) is 5.16 Å². The van der Waals surface area contributed by atoms with Gasteiger partial charge in [0.05, 0.1) is 5.92 Å². The minimum atomic E-state index is -0.342. The fraction of sp³-hybridized carbons (Fsp3) is 0.857. The molecule has 0 spiro atoms. The highest BCUT2D eigenvalue weighted by Gasteiger charge is 2.44. The Bertz CT molecular complexity index is 467. The van der Waals surface area contributed by atoms with Crippen LogP contribution in [-0.4, -0.2) is 28.8 Å². The van der Waals surface area contributed by atoms with Crippen molar-refractivity contribution in [1.82, 2.24) is 15.5 Å². The first-order chi connectivity index (χ1) is 9.24. The summed E-state index contributed by atoms with van der Waals surface area (Å²) >= 11 is 0. The van der Waals surface area contributed by atoms with Gasteiger partial charge in [-0.3, -0.25) is 0 Å². The van der Waals surface area contributed by atoms with Gasteiger partial charge in [0, 0.05) is 18.7 Å². The van der Waals surface area contributed by atoms with Crippen LogP contribution in [0.4, 0.5) is 0 Å². The van der Waals surface area contributed by atoms with Crippen LogP contribution in [0.5, 0.6) is 0 Å². The van der Waals surface area contributed by atoms with Crippen LogP contribution in [0.25, 0.3) is 0 Å². The first kappa shape index (κ1) is 11.9. The van der Waals surface area contributed by atoms with Crippen molar-refractivity contribution in [2.45, 2.75) is 69.1 Å². The van der Waals surface area contributed by atoms with Gasteiger partial charge < -0.3 is 14.6 Å². The summed E-state index contributed by atoms with van der Waals surface area (Å²) in [5.41, 5.74) is -0.342. The van der Waals surface area contributed by atoms with E-state index in [4.69, 9.17) is 9.26 Å². The predicted octanol–water partition coefficient (Wildman–Crippen LogP) is 2.09. The molecule has 0 radical (unpaired) electrons. The van der Waals surface area contributed by atoms with Crippen LogP contribution in [0.1, 0.15) is 63.1 Å². The molecule has 5 nitrogen and oxygen atoms in total. The molecule has 104 valence electrons. The number of rotatable bonds is 2. The van der Waals surface area contributed by atoms with Crippen molar-refractivity contribution in [1.29, 1.82) is 0 Å². The molecule has 2 bridgehead atoms. The normalized spacial score (nSPS) is 41.8. The molecule has 3 aliphatic rings. The van der Waals surface area contributed by atoms with Crippen LogP contribution in [0, 0.1) is 0 Å². The maximum atomic E-state index is 5.89. The third kappa shape index (κ3) is 1.91. The van der Waals surface area contributed by atoms with Crippen molar-refractivity contribution in [3.05, 3.63) is 11.7 Å². The molecule has 0 amide bonds. The number of hydrogen-bond donors (Lipinski definition) is 1. The van der Waals surface area contributed by atoms with Crippen LogP contribution in [0.3, 0.4) is 0 Å². The molecule has 0 saturated carbocycles. The zero-order valence-corrected chi connectivity index (χ0v) is 11.4. The number of aromatic nitrogens is 2. The largest absolute Gasteiger partial charge is 0.367 e. The summed E-state index contributed by atoms with van der Waals surface area (Å²) < 4.78 is 11.4. The second kappa shape index (κ2) is 4.28. The topological polar surface area (TPSA) is 60.2 Å². The summed E-state index contributed by atoms with van der Waals surface area (Å²) in [6, 6.07) is 1.20. The lowest BCUT2D eigenvalue weighted by Crippen LogP contribution is -2.31. The molecule has 4 heterocycles. The predicted molar refractivity (Wildman–Crippen MR) is 68.8 cm³/mol. The van der Waals surface area contributed by atoms with E-state index in [2.05, 4.69) is 22.4 Å². The quantitative estimate of drug-likeness (QED) is 0.885. The number of nitrogens with zero attached hydrogens (tertiary/aromatic N) is 2. The monoisotopic (exact) mass is 263 g/mol. The zero-order valence-electron chi connectivity index (χ0n) is 11.4. The molecule has 4 rings (SSSR count). The third-order valence-corrected chi connectivity index (χ3v) is 5.00. The fourth-order valence-corrected chi connectivity index (χ4v) is 3.81. The second-order valence-corrected chi connectivity index (χ2v) is 6.38. The zero-order chi connectivity index (χ0) is 12.9. The van der Waals surface area contributed by atoms with Crippen molar-refractivity contribution in [3.63, 3.8) is 0 Å². The van der Waals surface area contributed by atoms with Crippen molar-refractivity contribution >= 4 is 0 Å². The highest BCUT2D eigenvalue weighted by Crippen LogP contribution is 2.40. The molecule has 4 unspecified atom stereocenters. The summed E-state index contributed by atoms with van der Waals surface area (Å²) in [6.07, 6.45) is 6.97. The Kier molecular flexibility index (Phi) is 2.67. The summed E-state index contributed by atoms with van der Waals surface area (Å²) in [4.78, 5) is 4.66. The lowest BCUT2D eigenvalue weighted by atomic mass is 9.89. The van der Waals surface area contributed by atoms with E-state index in [0.29, 0.717) is 18.0 Å². The molecule has 3 aliphatic heterocycles. The Balaban J connectivity index is 1.56. The van der Waals surface area contributed by atoms with E-state index in [9.17, 15) is 0 Å². The molecule has 19 heavy (non-hydrogen) atoms.